The van der Waals surface area contributed by atoms with Crippen LogP contribution in [0.25, 0.3) is 5.69 Å². The molecule has 1 aromatic heterocycles. The minimum Gasteiger partial charge on any atom is -0.385 e. The zero-order valence-electron chi connectivity index (χ0n) is 20.3. The average Bonchev–Trinajstić information content (AvgIpc) is 3.23. The van der Waals surface area contributed by atoms with Crippen LogP contribution in [0.3, 0.4) is 0 Å². The van der Waals surface area contributed by atoms with Crippen LogP contribution >= 0.6 is 27.5 Å². The SMILES string of the molecule is COCCCN(CC(=O)Nc1cc(C(C)(C)C)nn1-c1ccccc1Cl)C(=O)c1ccc(Br)cc1. The molecule has 0 saturated heterocycles. The van der Waals surface area contributed by atoms with Crippen LogP contribution in [0.4, 0.5) is 5.82 Å². The van der Waals surface area contributed by atoms with Crippen LogP contribution in [0.15, 0.2) is 59.1 Å². The van der Waals surface area contributed by atoms with E-state index >= 15 is 0 Å². The van der Waals surface area contributed by atoms with E-state index in [0.29, 0.717) is 41.7 Å². The van der Waals surface area contributed by atoms with Crippen molar-refractivity contribution in [3.63, 3.8) is 0 Å². The number of carbonyl (C=O) groups excluding carboxylic acids is 2. The predicted octanol–water partition coefficient (Wildman–Crippen LogP) is 5.70. The van der Waals surface area contributed by atoms with Gasteiger partial charge in [-0.05, 0) is 42.8 Å². The minimum absolute atomic E-state index is 0.114. The lowest BCUT2D eigenvalue weighted by Crippen LogP contribution is -2.39. The Balaban J connectivity index is 1.86. The van der Waals surface area contributed by atoms with E-state index in [9.17, 15) is 9.59 Å². The van der Waals surface area contributed by atoms with E-state index in [-0.39, 0.29) is 23.8 Å². The summed E-state index contributed by atoms with van der Waals surface area (Å²) in [4.78, 5) is 27.8. The second kappa shape index (κ2) is 11.8. The molecule has 0 aliphatic carbocycles. The molecule has 0 spiro atoms. The van der Waals surface area contributed by atoms with Crippen LogP contribution in [-0.2, 0) is 14.9 Å². The summed E-state index contributed by atoms with van der Waals surface area (Å²) in [5.41, 5.74) is 1.73. The quantitative estimate of drug-likeness (QED) is 0.340. The lowest BCUT2D eigenvalue weighted by atomic mass is 9.92. The lowest BCUT2D eigenvalue weighted by molar-refractivity contribution is -0.117. The van der Waals surface area contributed by atoms with Crippen LogP contribution in [0.2, 0.25) is 5.02 Å². The van der Waals surface area contributed by atoms with Gasteiger partial charge in [-0.2, -0.15) is 5.10 Å². The van der Waals surface area contributed by atoms with Crippen LogP contribution in [0.1, 0.15) is 43.2 Å². The highest BCUT2D eigenvalue weighted by Gasteiger charge is 2.24. The van der Waals surface area contributed by atoms with Crippen molar-refractivity contribution in [2.45, 2.75) is 32.6 Å². The number of para-hydroxylation sites is 1. The molecule has 0 bridgehead atoms. The summed E-state index contributed by atoms with van der Waals surface area (Å²) in [6.45, 7) is 6.90. The number of hydrogen-bond acceptors (Lipinski definition) is 4. The molecule has 0 unspecified atom stereocenters. The number of benzene rings is 2. The molecule has 9 heteroatoms. The summed E-state index contributed by atoms with van der Waals surface area (Å²) in [6, 6.07) is 16.2. The van der Waals surface area contributed by atoms with Gasteiger partial charge >= 0.3 is 0 Å². The number of amides is 2. The Kier molecular flexibility index (Phi) is 9.10. The van der Waals surface area contributed by atoms with E-state index < -0.39 is 0 Å². The standard InChI is InChI=1S/C26H30BrClN4O3/c1-26(2,3)22-16-23(32(30-22)21-9-6-5-8-20(21)28)29-24(33)17-31(14-7-15-35-4)25(34)18-10-12-19(27)13-11-18/h5-6,8-13,16H,7,14-15,17H2,1-4H3,(H,29,33). The second-order valence-electron chi connectivity index (χ2n) is 9.16. The third-order valence-electron chi connectivity index (χ3n) is 5.32. The van der Waals surface area contributed by atoms with Gasteiger partial charge in [0, 0.05) is 41.8 Å². The number of nitrogens with one attached hydrogen (secondary N) is 1. The summed E-state index contributed by atoms with van der Waals surface area (Å²) in [5.74, 6) is -0.0683. The van der Waals surface area contributed by atoms with Gasteiger partial charge in [-0.15, -0.1) is 0 Å². The highest BCUT2D eigenvalue weighted by atomic mass is 79.9. The van der Waals surface area contributed by atoms with Crippen molar-refractivity contribution in [1.82, 2.24) is 14.7 Å². The van der Waals surface area contributed by atoms with Gasteiger partial charge in [-0.1, -0.05) is 60.4 Å². The van der Waals surface area contributed by atoms with Gasteiger partial charge in [0.25, 0.3) is 5.91 Å². The topological polar surface area (TPSA) is 76.5 Å². The van der Waals surface area contributed by atoms with Gasteiger partial charge < -0.3 is 15.0 Å². The van der Waals surface area contributed by atoms with Crippen LogP contribution in [0.5, 0.6) is 0 Å². The maximum absolute atomic E-state index is 13.2. The largest absolute Gasteiger partial charge is 0.385 e. The summed E-state index contributed by atoms with van der Waals surface area (Å²) in [6.07, 6.45) is 0.609. The van der Waals surface area contributed by atoms with Gasteiger partial charge in [0.05, 0.1) is 16.4 Å². The first-order valence-electron chi connectivity index (χ1n) is 11.3. The van der Waals surface area contributed by atoms with E-state index in [4.69, 9.17) is 21.4 Å². The molecule has 3 aromatic rings. The van der Waals surface area contributed by atoms with E-state index in [1.807, 2.05) is 45.0 Å². The molecule has 0 aliphatic rings. The number of nitrogens with zero attached hydrogens (tertiary/aromatic N) is 3. The molecule has 7 nitrogen and oxygen atoms in total. The van der Waals surface area contributed by atoms with Crippen molar-refractivity contribution in [2.24, 2.45) is 0 Å². The highest BCUT2D eigenvalue weighted by molar-refractivity contribution is 9.10. The lowest BCUT2D eigenvalue weighted by Gasteiger charge is -2.22. The summed E-state index contributed by atoms with van der Waals surface area (Å²) in [7, 11) is 1.61. The molecule has 0 aliphatic heterocycles. The first-order chi connectivity index (χ1) is 16.6. The first-order valence-corrected chi connectivity index (χ1v) is 12.5. The van der Waals surface area contributed by atoms with Gasteiger partial charge in [-0.25, -0.2) is 4.68 Å². The van der Waals surface area contributed by atoms with E-state index in [1.54, 1.807) is 42.1 Å². The molecular formula is C26H30BrClN4O3. The number of anilines is 1. The number of methoxy groups -OCH3 is 1. The van der Waals surface area contributed by atoms with E-state index in [2.05, 4.69) is 21.2 Å². The maximum Gasteiger partial charge on any atom is 0.254 e. The van der Waals surface area contributed by atoms with Crippen LogP contribution in [0, 0.1) is 0 Å². The molecular weight excluding hydrogens is 532 g/mol. The molecule has 2 aromatic carbocycles. The number of halogens is 2. The molecule has 0 fully saturated rings. The normalized spacial score (nSPS) is 11.4. The third kappa shape index (κ3) is 7.16. The Labute approximate surface area is 219 Å². The Morgan fingerprint density at radius 2 is 1.83 bits per heavy atom. The maximum atomic E-state index is 13.2. The van der Waals surface area contributed by atoms with Crippen molar-refractivity contribution < 1.29 is 14.3 Å². The fourth-order valence-corrected chi connectivity index (χ4v) is 3.91. The molecule has 1 N–H and O–H groups in total. The molecule has 35 heavy (non-hydrogen) atoms. The van der Waals surface area contributed by atoms with Crippen molar-refractivity contribution in [3.05, 3.63) is 75.4 Å². The summed E-state index contributed by atoms with van der Waals surface area (Å²) in [5, 5.41) is 8.16. The monoisotopic (exact) mass is 560 g/mol. The zero-order chi connectivity index (χ0) is 25.6. The molecule has 186 valence electrons. The Bertz CT molecular complexity index is 1170. The Morgan fingerprint density at radius 1 is 1.14 bits per heavy atom. The molecule has 0 radical (unpaired) electrons. The van der Waals surface area contributed by atoms with Crippen molar-refractivity contribution >= 4 is 45.2 Å². The van der Waals surface area contributed by atoms with Crippen LogP contribution in [-0.4, -0.2) is 53.3 Å². The Morgan fingerprint density at radius 3 is 2.46 bits per heavy atom. The van der Waals surface area contributed by atoms with Gasteiger partial charge in [0.1, 0.15) is 12.4 Å². The van der Waals surface area contributed by atoms with E-state index in [1.165, 1.54) is 4.90 Å². The number of hydrogen-bond donors (Lipinski definition) is 1. The molecule has 3 rings (SSSR count). The fraction of sp³-hybridized carbons (Fsp3) is 0.346. The van der Waals surface area contributed by atoms with Crippen molar-refractivity contribution in [1.29, 1.82) is 0 Å². The summed E-state index contributed by atoms with van der Waals surface area (Å²) >= 11 is 9.81. The number of carbonyl (C=O) groups is 2. The Hall–Kier alpha value is -2.68. The van der Waals surface area contributed by atoms with Crippen molar-refractivity contribution in [3.8, 4) is 5.69 Å². The minimum atomic E-state index is -0.332. The number of aromatic nitrogens is 2. The predicted molar refractivity (Wildman–Crippen MR) is 142 cm³/mol. The molecule has 1 heterocycles. The molecule has 0 atom stereocenters. The van der Waals surface area contributed by atoms with Gasteiger partial charge in [0.15, 0.2) is 0 Å². The third-order valence-corrected chi connectivity index (χ3v) is 6.16. The smallest absolute Gasteiger partial charge is 0.254 e. The average molecular weight is 562 g/mol. The first kappa shape index (κ1) is 26.9. The molecule has 2 amide bonds. The van der Waals surface area contributed by atoms with Gasteiger partial charge in [0.2, 0.25) is 5.91 Å². The second-order valence-corrected chi connectivity index (χ2v) is 10.5. The number of ether oxygens (including phenoxy) is 1. The zero-order valence-corrected chi connectivity index (χ0v) is 22.7. The highest BCUT2D eigenvalue weighted by Crippen LogP contribution is 2.29. The van der Waals surface area contributed by atoms with Crippen LogP contribution < -0.4 is 5.32 Å². The van der Waals surface area contributed by atoms with E-state index in [0.717, 1.165) is 10.2 Å². The fourth-order valence-electron chi connectivity index (χ4n) is 3.43. The van der Waals surface area contributed by atoms with Gasteiger partial charge in [-0.3, -0.25) is 9.59 Å². The summed E-state index contributed by atoms with van der Waals surface area (Å²) < 4.78 is 7.64. The number of rotatable bonds is 9. The van der Waals surface area contributed by atoms with Crippen molar-refractivity contribution in [2.75, 3.05) is 32.1 Å². The molecule has 0 saturated carbocycles.